The van der Waals surface area contributed by atoms with E-state index in [0.717, 1.165) is 0 Å². The van der Waals surface area contributed by atoms with E-state index in [-0.39, 0.29) is 45.2 Å². The molecule has 0 bridgehead atoms. The summed E-state index contributed by atoms with van der Waals surface area (Å²) >= 11 is -0.159. The molecule has 108 valence electrons. The number of methoxy groups -OCH3 is 1. The third-order valence-corrected chi connectivity index (χ3v) is 4.28. The van der Waals surface area contributed by atoms with Crippen molar-refractivity contribution in [1.82, 2.24) is 0 Å². The van der Waals surface area contributed by atoms with Gasteiger partial charge in [0.1, 0.15) is 0 Å². The monoisotopic (exact) mass is 373 g/mol. The number of aliphatic hydroxyl groups excluding tert-OH is 1. The van der Waals surface area contributed by atoms with Crippen LogP contribution in [-0.4, -0.2) is 45.7 Å². The van der Waals surface area contributed by atoms with Gasteiger partial charge in [-0.3, -0.25) is 0 Å². The molecule has 18 heavy (non-hydrogen) atoms. The van der Waals surface area contributed by atoms with Gasteiger partial charge in [-0.1, -0.05) is 0 Å². The van der Waals surface area contributed by atoms with Crippen molar-refractivity contribution in [3.63, 3.8) is 0 Å². The minimum atomic E-state index is -0.452. The Bertz CT molecular complexity index is 297. The van der Waals surface area contributed by atoms with Gasteiger partial charge in [-0.15, -0.1) is 0 Å². The first-order valence-electron chi connectivity index (χ1n) is 5.72. The molecule has 0 amide bonds. The van der Waals surface area contributed by atoms with Gasteiger partial charge in [-0.2, -0.15) is 0 Å². The maximum absolute atomic E-state index is 9.60. The quantitative estimate of drug-likeness (QED) is 0.150. The molecule has 4 atom stereocenters. The van der Waals surface area contributed by atoms with Crippen molar-refractivity contribution >= 4 is 0 Å². The van der Waals surface area contributed by atoms with Crippen LogP contribution in [0.2, 0.25) is 0 Å². The Balaban J connectivity index is 2.78. The van der Waals surface area contributed by atoms with Crippen LogP contribution >= 0.6 is 0 Å². The van der Waals surface area contributed by atoms with E-state index in [0.29, 0.717) is 14.9 Å². The van der Waals surface area contributed by atoms with E-state index < -0.39 is 6.10 Å². The predicted molar refractivity (Wildman–Crippen MR) is 63.4 cm³/mol. The Morgan fingerprint density at radius 2 is 2.17 bits per heavy atom. The van der Waals surface area contributed by atoms with E-state index in [1.807, 2.05) is 6.92 Å². The third kappa shape index (κ3) is 3.70. The van der Waals surface area contributed by atoms with Crippen molar-refractivity contribution in [2.45, 2.75) is 38.2 Å². The second kappa shape index (κ2) is 7.49. The van der Waals surface area contributed by atoms with Gasteiger partial charge in [0.2, 0.25) is 0 Å². The van der Waals surface area contributed by atoms with Gasteiger partial charge in [-0.05, 0) is 0 Å². The molecular formula is C11H22IN2O4-. The van der Waals surface area contributed by atoms with Gasteiger partial charge in [0.05, 0.1) is 0 Å². The number of alkyl halides is 2. The van der Waals surface area contributed by atoms with Gasteiger partial charge >= 0.3 is 118 Å². The van der Waals surface area contributed by atoms with Gasteiger partial charge in [0.25, 0.3) is 0 Å². The molecular weight excluding hydrogens is 351 g/mol. The van der Waals surface area contributed by atoms with E-state index in [2.05, 4.69) is 0 Å². The zero-order chi connectivity index (χ0) is 13.7. The Labute approximate surface area is 118 Å². The van der Waals surface area contributed by atoms with E-state index in [1.165, 1.54) is 7.11 Å². The predicted octanol–water partition coefficient (Wildman–Crippen LogP) is -3.12. The molecule has 0 aromatic rings. The van der Waals surface area contributed by atoms with Gasteiger partial charge < -0.3 is 0 Å². The summed E-state index contributed by atoms with van der Waals surface area (Å²) in [6.45, 7) is 3.44. The molecule has 1 fully saturated rings. The molecule has 1 aliphatic heterocycles. The van der Waals surface area contributed by atoms with Crippen molar-refractivity contribution < 1.29 is 40.5 Å². The summed E-state index contributed by atoms with van der Waals surface area (Å²) in [6, 6.07) is -0.235. The van der Waals surface area contributed by atoms with E-state index in [4.69, 9.17) is 25.7 Å². The zero-order valence-electron chi connectivity index (χ0n) is 10.9. The van der Waals surface area contributed by atoms with E-state index in [1.54, 1.807) is 6.92 Å². The first-order valence-corrected chi connectivity index (χ1v) is 8.78. The molecule has 0 aromatic heterocycles. The molecule has 0 saturated carbocycles. The Morgan fingerprint density at radius 1 is 1.50 bits per heavy atom. The van der Waals surface area contributed by atoms with Crippen LogP contribution in [0.15, 0.2) is 11.5 Å². The number of rotatable bonds is 6. The average Bonchev–Trinajstić information content (AvgIpc) is 2.58. The van der Waals surface area contributed by atoms with Crippen LogP contribution in [0.3, 0.4) is 0 Å². The van der Waals surface area contributed by atoms with Gasteiger partial charge in [-0.25, -0.2) is 0 Å². The number of hydrogen-bond donors (Lipinski definition) is 3. The Kier molecular flexibility index (Phi) is 6.64. The molecule has 0 radical (unpaired) electrons. The molecule has 1 heterocycles. The fourth-order valence-corrected chi connectivity index (χ4v) is 2.83. The summed E-state index contributed by atoms with van der Waals surface area (Å²) in [6.07, 6.45) is -0.893. The summed E-state index contributed by atoms with van der Waals surface area (Å²) in [5.41, 5.74) is 11.5. The van der Waals surface area contributed by atoms with Crippen LogP contribution in [-0.2, 0) is 14.2 Å². The summed E-state index contributed by atoms with van der Waals surface area (Å²) in [5, 5.41) is 9.60. The molecule has 6 nitrogen and oxygen atoms in total. The zero-order valence-corrected chi connectivity index (χ0v) is 13.1. The summed E-state index contributed by atoms with van der Waals surface area (Å²) in [4.78, 5) is 0. The second-order valence-corrected chi connectivity index (χ2v) is 6.66. The molecule has 0 spiro atoms. The number of nitrogens with two attached hydrogens (primary N) is 2. The van der Waals surface area contributed by atoms with Crippen LogP contribution in [0.25, 0.3) is 0 Å². The third-order valence-electron chi connectivity index (χ3n) is 2.86. The van der Waals surface area contributed by atoms with Crippen molar-refractivity contribution in [3.8, 4) is 0 Å². The topological polar surface area (TPSA) is 100.0 Å². The molecule has 1 aliphatic rings. The molecule has 0 aliphatic carbocycles. The normalized spacial score (nSPS) is 33.6. The molecule has 1 rings (SSSR count). The SMILES string of the molecule is CO/C(=C(\C)O)[C@H]1O[C@@H](C)[C@H](N)[C@@H]1OC[I-]CN. The summed E-state index contributed by atoms with van der Waals surface area (Å²) in [5.74, 6) is 0.469. The molecule has 0 unspecified atom stereocenters. The van der Waals surface area contributed by atoms with Crippen LogP contribution < -0.4 is 32.7 Å². The number of halogens is 1. The van der Waals surface area contributed by atoms with Crippen molar-refractivity contribution in [2.75, 3.05) is 16.3 Å². The van der Waals surface area contributed by atoms with Crippen molar-refractivity contribution in [1.29, 1.82) is 0 Å². The standard InChI is InChI=1S/C11H22IN2O4/c1-6(15)9(16-3)11-10(17-5-12-4-13)8(14)7(2)18-11/h7-8,10-11,15H,4-5,13-14H2,1-3H3/q-1/b9-6+/t7-,8-,10-,11+/m0/s1. The van der Waals surface area contributed by atoms with Crippen LogP contribution in [0.1, 0.15) is 13.8 Å². The molecule has 7 heteroatoms. The van der Waals surface area contributed by atoms with Crippen LogP contribution in [0.4, 0.5) is 0 Å². The number of aliphatic hydroxyl groups is 1. The van der Waals surface area contributed by atoms with E-state index >= 15 is 0 Å². The maximum atomic E-state index is 9.60. The molecule has 0 aromatic carbocycles. The number of hydrogen-bond acceptors (Lipinski definition) is 6. The molecule has 5 N–H and O–H groups in total. The number of ether oxygens (including phenoxy) is 3. The van der Waals surface area contributed by atoms with Crippen LogP contribution in [0, 0.1) is 0 Å². The van der Waals surface area contributed by atoms with Gasteiger partial charge in [0, 0.05) is 0 Å². The average molecular weight is 373 g/mol. The summed E-state index contributed by atoms with van der Waals surface area (Å²) in [7, 11) is 1.50. The second-order valence-electron chi connectivity index (χ2n) is 4.08. The minimum absolute atomic E-state index is 0.0888. The van der Waals surface area contributed by atoms with Crippen molar-refractivity contribution in [2.24, 2.45) is 11.5 Å². The Hall–Kier alpha value is -0.0900. The van der Waals surface area contributed by atoms with E-state index in [9.17, 15) is 5.11 Å². The first-order chi connectivity index (χ1) is 8.52. The molecule has 1 saturated heterocycles. The summed E-state index contributed by atoms with van der Waals surface area (Å²) < 4.78 is 18.0. The van der Waals surface area contributed by atoms with Crippen LogP contribution in [0.5, 0.6) is 0 Å². The number of allylic oxidation sites excluding steroid dienone is 1. The van der Waals surface area contributed by atoms with Crippen molar-refractivity contribution in [3.05, 3.63) is 11.5 Å². The fourth-order valence-electron chi connectivity index (χ4n) is 1.91. The van der Waals surface area contributed by atoms with Gasteiger partial charge in [0.15, 0.2) is 0 Å². The fraction of sp³-hybridized carbons (Fsp3) is 0.818. The first kappa shape index (κ1) is 16.0. The Morgan fingerprint density at radius 3 is 2.67 bits per heavy atom.